The molecule has 4 N–H and O–H groups in total. The molecular weight excluding hydrogens is 448 g/mol. The highest BCUT2D eigenvalue weighted by atomic mass is 16.5. The van der Waals surface area contributed by atoms with Gasteiger partial charge >= 0.3 is 11.9 Å². The number of hydrogen-bond donors (Lipinski definition) is 4. The van der Waals surface area contributed by atoms with Gasteiger partial charge in [0.2, 0.25) is 0 Å². The second-order valence-electron chi connectivity index (χ2n) is 10.1. The topological polar surface area (TPSA) is 124 Å². The van der Waals surface area contributed by atoms with Gasteiger partial charge in [0.15, 0.2) is 0 Å². The Bertz CT molecular complexity index is 512. The van der Waals surface area contributed by atoms with Crippen LogP contribution < -0.4 is 0 Å². The largest absolute Gasteiger partial charge is 0.481 e. The van der Waals surface area contributed by atoms with Crippen molar-refractivity contribution in [1.29, 1.82) is 0 Å². The second kappa shape index (κ2) is 23.2. The molecular formula is C28H54O7. The van der Waals surface area contributed by atoms with Crippen LogP contribution in [0.25, 0.3) is 0 Å². The Balaban J connectivity index is 3.85. The molecule has 0 rings (SSSR count). The van der Waals surface area contributed by atoms with E-state index in [9.17, 15) is 24.9 Å². The number of carboxylic acid groups (broad SMARTS) is 1. The van der Waals surface area contributed by atoms with Gasteiger partial charge in [0.25, 0.3) is 0 Å². The zero-order valence-electron chi connectivity index (χ0n) is 22.5. The predicted octanol–water partition coefficient (Wildman–Crippen LogP) is 5.91. The Labute approximate surface area is 213 Å². The fourth-order valence-corrected chi connectivity index (χ4v) is 4.47. The summed E-state index contributed by atoms with van der Waals surface area (Å²) in [6, 6.07) is 0. The van der Waals surface area contributed by atoms with Crippen molar-refractivity contribution >= 4 is 11.9 Å². The van der Waals surface area contributed by atoms with Gasteiger partial charge < -0.3 is 25.2 Å². The number of carboxylic acids is 1. The molecule has 0 aliphatic heterocycles. The highest BCUT2D eigenvalue weighted by Gasteiger charge is 2.17. The molecule has 0 bridgehead atoms. The first-order chi connectivity index (χ1) is 16.8. The summed E-state index contributed by atoms with van der Waals surface area (Å²) < 4.78 is 5.65. The normalized spacial score (nSPS) is 14.9. The van der Waals surface area contributed by atoms with Crippen LogP contribution >= 0.6 is 0 Å². The molecule has 35 heavy (non-hydrogen) atoms. The molecule has 4 unspecified atom stereocenters. The fraction of sp³-hybridized carbons (Fsp3) is 0.929. The molecule has 7 heteroatoms. The number of aliphatic hydroxyl groups is 3. The van der Waals surface area contributed by atoms with Crippen LogP contribution in [0.3, 0.4) is 0 Å². The van der Waals surface area contributed by atoms with Crippen LogP contribution in [0.4, 0.5) is 0 Å². The summed E-state index contributed by atoms with van der Waals surface area (Å²) in [5.74, 6) is -1.28. The molecule has 0 spiro atoms. The highest BCUT2D eigenvalue weighted by Crippen LogP contribution is 2.17. The van der Waals surface area contributed by atoms with Gasteiger partial charge in [0.05, 0.1) is 31.2 Å². The molecule has 0 saturated carbocycles. The van der Waals surface area contributed by atoms with Crippen LogP contribution in [0.1, 0.15) is 142 Å². The third-order valence-corrected chi connectivity index (χ3v) is 6.48. The van der Waals surface area contributed by atoms with Gasteiger partial charge in [-0.05, 0) is 44.9 Å². The number of carbonyl (C=O) groups excluding carboxylic acids is 1. The number of aliphatic hydroxyl groups excluding tert-OH is 3. The Kier molecular flexibility index (Phi) is 22.4. The maximum absolute atomic E-state index is 12.3. The average molecular weight is 503 g/mol. The van der Waals surface area contributed by atoms with Gasteiger partial charge in [-0.1, -0.05) is 84.5 Å². The van der Waals surface area contributed by atoms with E-state index < -0.39 is 18.2 Å². The molecule has 0 aromatic carbocycles. The van der Waals surface area contributed by atoms with E-state index >= 15 is 0 Å². The van der Waals surface area contributed by atoms with Crippen molar-refractivity contribution in [3.05, 3.63) is 0 Å². The van der Waals surface area contributed by atoms with Crippen LogP contribution in [-0.4, -0.2) is 56.8 Å². The maximum Gasteiger partial charge on any atom is 0.308 e. The zero-order valence-corrected chi connectivity index (χ0v) is 22.5. The van der Waals surface area contributed by atoms with Crippen molar-refractivity contribution in [3.63, 3.8) is 0 Å². The van der Waals surface area contributed by atoms with Gasteiger partial charge in [0.1, 0.15) is 6.10 Å². The van der Waals surface area contributed by atoms with E-state index in [4.69, 9.17) is 9.84 Å². The van der Waals surface area contributed by atoms with E-state index in [1.165, 1.54) is 0 Å². The second-order valence-corrected chi connectivity index (χ2v) is 10.1. The van der Waals surface area contributed by atoms with Crippen molar-refractivity contribution in [1.82, 2.24) is 0 Å². The SMILES string of the molecule is CCCC(O)CCCCCCCC(O)CC(=O)OC(CCC)CCCCCCCC(O)CC(=O)O. The number of aliphatic carboxylic acids is 1. The summed E-state index contributed by atoms with van der Waals surface area (Å²) in [6.45, 7) is 4.16. The summed E-state index contributed by atoms with van der Waals surface area (Å²) in [6.07, 6.45) is 14.7. The van der Waals surface area contributed by atoms with Crippen LogP contribution in [-0.2, 0) is 14.3 Å². The molecule has 0 aliphatic rings. The van der Waals surface area contributed by atoms with Crippen molar-refractivity contribution < 1.29 is 34.8 Å². The van der Waals surface area contributed by atoms with Crippen molar-refractivity contribution in [2.24, 2.45) is 0 Å². The maximum atomic E-state index is 12.3. The summed E-state index contributed by atoms with van der Waals surface area (Å²) >= 11 is 0. The highest BCUT2D eigenvalue weighted by molar-refractivity contribution is 5.70. The molecule has 4 atom stereocenters. The van der Waals surface area contributed by atoms with Crippen LogP contribution in [0.5, 0.6) is 0 Å². The van der Waals surface area contributed by atoms with E-state index in [-0.39, 0.29) is 31.0 Å². The van der Waals surface area contributed by atoms with Crippen molar-refractivity contribution in [2.45, 2.75) is 167 Å². The van der Waals surface area contributed by atoms with Crippen molar-refractivity contribution in [3.8, 4) is 0 Å². The van der Waals surface area contributed by atoms with Crippen LogP contribution in [0.15, 0.2) is 0 Å². The Morgan fingerprint density at radius 2 is 1.00 bits per heavy atom. The minimum absolute atomic E-state index is 0.0576. The molecule has 0 radical (unpaired) electrons. The van der Waals surface area contributed by atoms with E-state index in [1.54, 1.807) is 0 Å². The van der Waals surface area contributed by atoms with Crippen molar-refractivity contribution in [2.75, 3.05) is 0 Å². The first-order valence-electron chi connectivity index (χ1n) is 14.2. The van der Waals surface area contributed by atoms with Crippen LogP contribution in [0.2, 0.25) is 0 Å². The molecule has 0 saturated heterocycles. The number of unbranched alkanes of at least 4 members (excludes halogenated alkanes) is 8. The van der Waals surface area contributed by atoms with Gasteiger partial charge in [-0.3, -0.25) is 9.59 Å². The number of carbonyl (C=O) groups is 2. The lowest BCUT2D eigenvalue weighted by atomic mass is 10.0. The molecule has 0 amide bonds. The average Bonchev–Trinajstić information content (AvgIpc) is 2.77. The summed E-state index contributed by atoms with van der Waals surface area (Å²) in [5.41, 5.74) is 0. The van der Waals surface area contributed by atoms with E-state index in [2.05, 4.69) is 13.8 Å². The van der Waals surface area contributed by atoms with Crippen LogP contribution in [0, 0.1) is 0 Å². The van der Waals surface area contributed by atoms with Gasteiger partial charge in [-0.2, -0.15) is 0 Å². The van der Waals surface area contributed by atoms with Gasteiger partial charge in [-0.15, -0.1) is 0 Å². The summed E-state index contributed by atoms with van der Waals surface area (Å²) in [5, 5.41) is 38.1. The Morgan fingerprint density at radius 3 is 1.49 bits per heavy atom. The minimum Gasteiger partial charge on any atom is -0.481 e. The minimum atomic E-state index is -0.966. The Morgan fingerprint density at radius 1 is 0.571 bits per heavy atom. The lowest BCUT2D eigenvalue weighted by molar-refractivity contribution is -0.152. The lowest BCUT2D eigenvalue weighted by Crippen LogP contribution is -2.22. The summed E-state index contributed by atoms with van der Waals surface area (Å²) in [4.78, 5) is 22.8. The molecule has 0 aromatic rings. The third kappa shape index (κ3) is 23.0. The third-order valence-electron chi connectivity index (χ3n) is 6.48. The quantitative estimate of drug-likeness (QED) is 0.0903. The molecule has 0 aromatic heterocycles. The fourth-order valence-electron chi connectivity index (χ4n) is 4.47. The standard InChI is InChI=1S/C28H54O7/c1-3-15-23(29)17-11-7-5-8-13-19-25(31)22-28(34)35-26(16-4-2)20-14-10-6-9-12-18-24(30)21-27(32)33/h23-26,29-31H,3-22H2,1-2H3,(H,32,33). The molecule has 7 nitrogen and oxygen atoms in total. The van der Waals surface area contributed by atoms with E-state index in [0.717, 1.165) is 103 Å². The monoisotopic (exact) mass is 502 g/mol. The zero-order chi connectivity index (χ0) is 26.3. The van der Waals surface area contributed by atoms with Gasteiger partial charge in [-0.25, -0.2) is 0 Å². The molecule has 0 aliphatic carbocycles. The number of hydrogen-bond acceptors (Lipinski definition) is 6. The molecule has 0 heterocycles. The predicted molar refractivity (Wildman–Crippen MR) is 139 cm³/mol. The van der Waals surface area contributed by atoms with E-state index in [0.29, 0.717) is 12.8 Å². The van der Waals surface area contributed by atoms with Gasteiger partial charge in [0, 0.05) is 0 Å². The number of esters is 1. The first-order valence-corrected chi connectivity index (χ1v) is 14.2. The Hall–Kier alpha value is -1.18. The number of ether oxygens (including phenoxy) is 1. The molecule has 208 valence electrons. The lowest BCUT2D eigenvalue weighted by Gasteiger charge is -2.18. The molecule has 0 fully saturated rings. The van der Waals surface area contributed by atoms with E-state index in [1.807, 2.05) is 0 Å². The summed E-state index contributed by atoms with van der Waals surface area (Å²) in [7, 11) is 0. The smallest absolute Gasteiger partial charge is 0.308 e. The first kappa shape index (κ1) is 33.8. The number of rotatable bonds is 25.